The summed E-state index contributed by atoms with van der Waals surface area (Å²) in [4.78, 5) is 0. The molecule has 2 aromatic rings. The Morgan fingerprint density at radius 3 is 1.82 bits per heavy atom. The summed E-state index contributed by atoms with van der Waals surface area (Å²) in [5.74, 6) is 0.180. The summed E-state index contributed by atoms with van der Waals surface area (Å²) in [6.07, 6.45) is -0.308. The summed E-state index contributed by atoms with van der Waals surface area (Å²) >= 11 is 0. The molecule has 0 aliphatic heterocycles. The number of hydrogen-bond acceptors (Lipinski definition) is 1. The summed E-state index contributed by atoms with van der Waals surface area (Å²) in [5.41, 5.74) is 3.62. The van der Waals surface area contributed by atoms with E-state index in [2.05, 4.69) is 36.4 Å². The quantitative estimate of drug-likeness (QED) is 0.843. The molecule has 2 rings (SSSR count). The van der Waals surface area contributed by atoms with Crippen LogP contribution >= 0.6 is 0 Å². The average molecular weight is 226 g/mol. The first-order chi connectivity index (χ1) is 8.18. The number of aliphatic hydroxyl groups is 1. The van der Waals surface area contributed by atoms with Crippen molar-refractivity contribution in [3.63, 3.8) is 0 Å². The van der Waals surface area contributed by atoms with Crippen LogP contribution in [0.5, 0.6) is 0 Å². The number of rotatable bonds is 3. The van der Waals surface area contributed by atoms with Crippen molar-refractivity contribution < 1.29 is 5.11 Å². The van der Waals surface area contributed by atoms with Crippen molar-refractivity contribution in [1.82, 2.24) is 0 Å². The summed E-state index contributed by atoms with van der Waals surface area (Å²) in [6, 6.07) is 18.7. The first-order valence-electron chi connectivity index (χ1n) is 6.02. The maximum Gasteiger partial charge on any atom is 0.0577 e. The van der Waals surface area contributed by atoms with Crippen LogP contribution in [0, 0.1) is 0 Å². The van der Waals surface area contributed by atoms with Crippen LogP contribution in [0.15, 0.2) is 54.6 Å². The topological polar surface area (TPSA) is 20.2 Å². The zero-order valence-electron chi connectivity index (χ0n) is 10.3. The SMILES string of the molecule is CC(O)C(C)c1ccc(-c2ccccc2)cc1. The Labute approximate surface area is 103 Å². The van der Waals surface area contributed by atoms with Gasteiger partial charge in [-0.3, -0.25) is 0 Å². The van der Waals surface area contributed by atoms with Gasteiger partial charge in [-0.05, 0) is 23.6 Å². The number of aliphatic hydroxyl groups excluding tert-OH is 1. The van der Waals surface area contributed by atoms with Gasteiger partial charge < -0.3 is 5.11 Å². The van der Waals surface area contributed by atoms with Crippen LogP contribution in [0.4, 0.5) is 0 Å². The Balaban J connectivity index is 2.25. The average Bonchev–Trinajstić information content (AvgIpc) is 2.39. The third-order valence-electron chi connectivity index (χ3n) is 3.27. The fraction of sp³-hybridized carbons (Fsp3) is 0.250. The van der Waals surface area contributed by atoms with E-state index in [4.69, 9.17) is 0 Å². The van der Waals surface area contributed by atoms with Crippen LogP contribution in [-0.4, -0.2) is 11.2 Å². The molecule has 2 unspecified atom stereocenters. The fourth-order valence-corrected chi connectivity index (χ4v) is 1.89. The molecule has 0 saturated heterocycles. The summed E-state index contributed by atoms with van der Waals surface area (Å²) < 4.78 is 0. The molecule has 2 atom stereocenters. The monoisotopic (exact) mass is 226 g/mol. The molecular weight excluding hydrogens is 208 g/mol. The van der Waals surface area contributed by atoms with Crippen LogP contribution < -0.4 is 0 Å². The predicted octanol–water partition coefficient (Wildman–Crippen LogP) is 3.84. The molecular formula is C16H18O. The summed E-state index contributed by atoms with van der Waals surface area (Å²) in [5, 5.41) is 9.56. The molecule has 17 heavy (non-hydrogen) atoms. The zero-order chi connectivity index (χ0) is 12.3. The highest BCUT2D eigenvalue weighted by Crippen LogP contribution is 2.24. The van der Waals surface area contributed by atoms with Gasteiger partial charge in [0.2, 0.25) is 0 Å². The largest absolute Gasteiger partial charge is 0.393 e. The Morgan fingerprint density at radius 1 is 0.765 bits per heavy atom. The number of benzene rings is 2. The Kier molecular flexibility index (Phi) is 3.60. The lowest BCUT2D eigenvalue weighted by molar-refractivity contribution is 0.169. The van der Waals surface area contributed by atoms with Gasteiger partial charge in [0.1, 0.15) is 0 Å². The van der Waals surface area contributed by atoms with E-state index in [1.54, 1.807) is 0 Å². The van der Waals surface area contributed by atoms with Gasteiger partial charge in [-0.1, -0.05) is 61.5 Å². The Hall–Kier alpha value is -1.60. The molecule has 1 heteroatoms. The fourth-order valence-electron chi connectivity index (χ4n) is 1.89. The molecule has 0 amide bonds. The molecule has 0 aliphatic rings. The minimum absolute atomic E-state index is 0.180. The normalized spacial score (nSPS) is 14.3. The lowest BCUT2D eigenvalue weighted by atomic mass is 9.94. The van der Waals surface area contributed by atoms with Gasteiger partial charge in [-0.15, -0.1) is 0 Å². The molecule has 0 aliphatic carbocycles. The molecule has 0 fully saturated rings. The smallest absolute Gasteiger partial charge is 0.0577 e. The highest BCUT2D eigenvalue weighted by molar-refractivity contribution is 5.63. The Morgan fingerprint density at radius 2 is 1.29 bits per heavy atom. The van der Waals surface area contributed by atoms with Crippen molar-refractivity contribution in [2.24, 2.45) is 0 Å². The lowest BCUT2D eigenvalue weighted by Gasteiger charge is -2.15. The van der Waals surface area contributed by atoms with E-state index in [0.717, 1.165) is 0 Å². The second kappa shape index (κ2) is 5.15. The third-order valence-corrected chi connectivity index (χ3v) is 3.27. The van der Waals surface area contributed by atoms with Crippen LogP contribution in [0.2, 0.25) is 0 Å². The lowest BCUT2D eigenvalue weighted by Crippen LogP contribution is -2.10. The van der Waals surface area contributed by atoms with Crippen LogP contribution in [0.3, 0.4) is 0 Å². The molecule has 0 bridgehead atoms. The van der Waals surface area contributed by atoms with Gasteiger partial charge in [0.05, 0.1) is 6.10 Å². The van der Waals surface area contributed by atoms with Gasteiger partial charge in [0.25, 0.3) is 0 Å². The van der Waals surface area contributed by atoms with Gasteiger partial charge in [-0.2, -0.15) is 0 Å². The summed E-state index contributed by atoms with van der Waals surface area (Å²) in [7, 11) is 0. The van der Waals surface area contributed by atoms with E-state index in [9.17, 15) is 5.11 Å². The molecule has 88 valence electrons. The minimum atomic E-state index is -0.308. The van der Waals surface area contributed by atoms with Crippen LogP contribution in [0.25, 0.3) is 11.1 Å². The molecule has 1 N–H and O–H groups in total. The maximum absolute atomic E-state index is 9.56. The predicted molar refractivity (Wildman–Crippen MR) is 72.0 cm³/mol. The third kappa shape index (κ3) is 2.75. The highest BCUT2D eigenvalue weighted by atomic mass is 16.3. The van der Waals surface area contributed by atoms with E-state index < -0.39 is 0 Å². The van der Waals surface area contributed by atoms with Crippen LogP contribution in [0.1, 0.15) is 25.3 Å². The molecule has 0 aromatic heterocycles. The first kappa shape index (κ1) is 11.9. The van der Waals surface area contributed by atoms with Gasteiger partial charge >= 0.3 is 0 Å². The van der Waals surface area contributed by atoms with Gasteiger partial charge in [0.15, 0.2) is 0 Å². The van der Waals surface area contributed by atoms with Crippen molar-refractivity contribution >= 4 is 0 Å². The van der Waals surface area contributed by atoms with Gasteiger partial charge in [0, 0.05) is 5.92 Å². The molecule has 1 nitrogen and oxygen atoms in total. The van der Waals surface area contributed by atoms with Crippen molar-refractivity contribution in [1.29, 1.82) is 0 Å². The van der Waals surface area contributed by atoms with E-state index in [1.807, 2.05) is 32.0 Å². The van der Waals surface area contributed by atoms with E-state index >= 15 is 0 Å². The van der Waals surface area contributed by atoms with Crippen molar-refractivity contribution in [3.8, 4) is 11.1 Å². The van der Waals surface area contributed by atoms with E-state index in [1.165, 1.54) is 16.7 Å². The Bertz CT molecular complexity index is 457. The van der Waals surface area contributed by atoms with Crippen molar-refractivity contribution in [3.05, 3.63) is 60.2 Å². The minimum Gasteiger partial charge on any atom is -0.393 e. The molecule has 0 radical (unpaired) electrons. The van der Waals surface area contributed by atoms with E-state index in [-0.39, 0.29) is 12.0 Å². The number of hydrogen-bond donors (Lipinski definition) is 1. The second-order valence-corrected chi connectivity index (χ2v) is 4.52. The second-order valence-electron chi connectivity index (χ2n) is 4.52. The maximum atomic E-state index is 9.56. The zero-order valence-corrected chi connectivity index (χ0v) is 10.3. The van der Waals surface area contributed by atoms with E-state index in [0.29, 0.717) is 0 Å². The van der Waals surface area contributed by atoms with Crippen molar-refractivity contribution in [2.75, 3.05) is 0 Å². The standard InChI is InChI=1S/C16H18O/c1-12(13(2)17)14-8-10-16(11-9-14)15-6-4-3-5-7-15/h3-13,17H,1-2H3. The first-order valence-corrected chi connectivity index (χ1v) is 6.02. The molecule has 0 spiro atoms. The summed E-state index contributed by atoms with van der Waals surface area (Å²) in [6.45, 7) is 3.87. The molecule has 0 saturated carbocycles. The molecule has 0 heterocycles. The van der Waals surface area contributed by atoms with Crippen LogP contribution in [-0.2, 0) is 0 Å². The highest BCUT2D eigenvalue weighted by Gasteiger charge is 2.10. The molecule has 2 aromatic carbocycles. The van der Waals surface area contributed by atoms with Crippen molar-refractivity contribution in [2.45, 2.75) is 25.9 Å². The van der Waals surface area contributed by atoms with Gasteiger partial charge in [-0.25, -0.2) is 0 Å².